The van der Waals surface area contributed by atoms with Crippen molar-refractivity contribution < 1.29 is 4.74 Å². The third-order valence-electron chi connectivity index (χ3n) is 1.63. The van der Waals surface area contributed by atoms with Crippen molar-refractivity contribution in [2.24, 2.45) is 5.41 Å². The Morgan fingerprint density at radius 1 is 1.25 bits per heavy atom. The molecule has 1 unspecified atom stereocenters. The molecule has 0 N–H and O–H groups in total. The maximum atomic E-state index is 5.71. The van der Waals surface area contributed by atoms with Crippen LogP contribution in [0.4, 0.5) is 0 Å². The smallest absolute Gasteiger partial charge is 0.0583 e. The zero-order valence-electron chi connectivity index (χ0n) is 9.18. The van der Waals surface area contributed by atoms with E-state index in [1.54, 1.807) is 0 Å². The van der Waals surface area contributed by atoms with Crippen LogP contribution < -0.4 is 0 Å². The Morgan fingerprint density at radius 2 is 1.75 bits per heavy atom. The van der Waals surface area contributed by atoms with E-state index in [0.29, 0.717) is 17.6 Å². The molecule has 0 amide bonds. The second-order valence-electron chi connectivity index (χ2n) is 4.86. The van der Waals surface area contributed by atoms with Crippen molar-refractivity contribution in [2.45, 2.75) is 59.7 Å². The van der Waals surface area contributed by atoms with Gasteiger partial charge in [-0.05, 0) is 32.1 Å². The fourth-order valence-electron chi connectivity index (χ4n) is 1.29. The number of hydrogen-bond donors (Lipinski definition) is 0. The van der Waals surface area contributed by atoms with Gasteiger partial charge in [-0.1, -0.05) is 27.7 Å². The summed E-state index contributed by atoms with van der Waals surface area (Å²) in [5.41, 5.74) is 0.344. The first-order chi connectivity index (χ1) is 5.35. The Bertz CT molecular complexity index is 111. The van der Waals surface area contributed by atoms with Crippen molar-refractivity contribution in [1.29, 1.82) is 0 Å². The molecule has 0 aliphatic heterocycles. The summed E-state index contributed by atoms with van der Waals surface area (Å²) in [6, 6.07) is 0. The lowest BCUT2D eigenvalue weighted by molar-refractivity contribution is -0.0118. The average Bonchev–Trinajstić information content (AvgIpc) is 1.82. The molecule has 0 fully saturated rings. The maximum Gasteiger partial charge on any atom is 0.0583 e. The molecule has 0 saturated heterocycles. The van der Waals surface area contributed by atoms with E-state index in [4.69, 9.17) is 4.74 Å². The van der Waals surface area contributed by atoms with E-state index < -0.39 is 0 Å². The van der Waals surface area contributed by atoms with Gasteiger partial charge >= 0.3 is 0 Å². The first kappa shape index (κ1) is 12.0. The molecule has 0 bridgehead atoms. The van der Waals surface area contributed by atoms with Crippen LogP contribution in [0.25, 0.3) is 0 Å². The van der Waals surface area contributed by atoms with E-state index in [9.17, 15) is 0 Å². The van der Waals surface area contributed by atoms with Gasteiger partial charge in [0.05, 0.1) is 12.2 Å². The summed E-state index contributed by atoms with van der Waals surface area (Å²) < 4.78 is 5.71. The minimum atomic E-state index is 0.319. The highest BCUT2D eigenvalue weighted by Crippen LogP contribution is 2.24. The standard InChI is InChI=1S/C11H23O/c1-7-10(12-9(2)3)8-11(4,5)6/h9-10H,1,7-8H2,2-6H3. The lowest BCUT2D eigenvalue weighted by atomic mass is 9.88. The van der Waals surface area contributed by atoms with Gasteiger partial charge in [-0.25, -0.2) is 0 Å². The minimum Gasteiger partial charge on any atom is -0.376 e. The second kappa shape index (κ2) is 4.86. The Hall–Kier alpha value is -0.0400. The summed E-state index contributed by atoms with van der Waals surface area (Å²) in [6.45, 7) is 14.8. The molecule has 0 rings (SSSR count). The fraction of sp³-hybridized carbons (Fsp3) is 0.909. The fourth-order valence-corrected chi connectivity index (χ4v) is 1.29. The van der Waals surface area contributed by atoms with Crippen molar-refractivity contribution in [3.8, 4) is 0 Å². The molecule has 1 heteroatoms. The highest BCUT2D eigenvalue weighted by atomic mass is 16.5. The molecular formula is C11H23O. The molecule has 0 aliphatic rings. The van der Waals surface area contributed by atoms with Gasteiger partial charge in [0.1, 0.15) is 0 Å². The summed E-state index contributed by atoms with van der Waals surface area (Å²) in [7, 11) is 0. The SMILES string of the molecule is [CH2]CC(CC(C)(C)C)OC(C)C. The minimum absolute atomic E-state index is 0.319. The average molecular weight is 171 g/mol. The van der Waals surface area contributed by atoms with Crippen molar-refractivity contribution in [3.05, 3.63) is 6.92 Å². The van der Waals surface area contributed by atoms with Crippen LogP contribution in [0.15, 0.2) is 0 Å². The Labute approximate surface area is 77.5 Å². The van der Waals surface area contributed by atoms with E-state index in [-0.39, 0.29) is 0 Å². The number of rotatable bonds is 4. The van der Waals surface area contributed by atoms with Crippen molar-refractivity contribution in [3.63, 3.8) is 0 Å². The Balaban J connectivity index is 3.83. The highest BCUT2D eigenvalue weighted by Gasteiger charge is 2.18. The van der Waals surface area contributed by atoms with Crippen LogP contribution >= 0.6 is 0 Å². The molecule has 73 valence electrons. The van der Waals surface area contributed by atoms with Crippen LogP contribution in [0, 0.1) is 12.3 Å². The lowest BCUT2D eigenvalue weighted by Crippen LogP contribution is -2.23. The molecule has 0 heterocycles. The van der Waals surface area contributed by atoms with Gasteiger partial charge in [0, 0.05) is 0 Å². The van der Waals surface area contributed by atoms with Gasteiger partial charge in [-0.3, -0.25) is 0 Å². The molecule has 1 nitrogen and oxygen atoms in total. The van der Waals surface area contributed by atoms with Gasteiger partial charge in [0.15, 0.2) is 0 Å². The van der Waals surface area contributed by atoms with E-state index in [1.807, 2.05) is 0 Å². The number of ether oxygens (including phenoxy) is 1. The first-order valence-electron chi connectivity index (χ1n) is 4.80. The topological polar surface area (TPSA) is 9.23 Å². The van der Waals surface area contributed by atoms with Gasteiger partial charge in [0.25, 0.3) is 0 Å². The second-order valence-corrected chi connectivity index (χ2v) is 4.86. The molecule has 0 aromatic heterocycles. The quantitative estimate of drug-likeness (QED) is 0.629. The normalized spacial score (nSPS) is 15.2. The highest BCUT2D eigenvalue weighted by molar-refractivity contribution is 4.70. The van der Waals surface area contributed by atoms with E-state index in [1.165, 1.54) is 0 Å². The molecule has 0 aromatic rings. The van der Waals surface area contributed by atoms with Crippen molar-refractivity contribution in [2.75, 3.05) is 0 Å². The Morgan fingerprint density at radius 3 is 2.00 bits per heavy atom. The summed E-state index contributed by atoms with van der Waals surface area (Å²) >= 11 is 0. The summed E-state index contributed by atoms with van der Waals surface area (Å²) in [6.07, 6.45) is 2.61. The third kappa shape index (κ3) is 6.66. The van der Waals surface area contributed by atoms with E-state index in [0.717, 1.165) is 12.8 Å². The predicted molar refractivity (Wildman–Crippen MR) is 54.1 cm³/mol. The third-order valence-corrected chi connectivity index (χ3v) is 1.63. The zero-order valence-corrected chi connectivity index (χ0v) is 9.18. The predicted octanol–water partition coefficient (Wildman–Crippen LogP) is 3.44. The molecule has 1 atom stereocenters. The molecule has 0 aromatic carbocycles. The van der Waals surface area contributed by atoms with Crippen LogP contribution in [0.1, 0.15) is 47.5 Å². The first-order valence-corrected chi connectivity index (χ1v) is 4.80. The van der Waals surface area contributed by atoms with Crippen molar-refractivity contribution >= 4 is 0 Å². The monoisotopic (exact) mass is 171 g/mol. The summed E-state index contributed by atoms with van der Waals surface area (Å²) in [5.74, 6) is 0. The molecule has 12 heavy (non-hydrogen) atoms. The van der Waals surface area contributed by atoms with Crippen LogP contribution in [-0.2, 0) is 4.74 Å². The van der Waals surface area contributed by atoms with Gasteiger partial charge < -0.3 is 4.74 Å². The zero-order chi connectivity index (χ0) is 9.78. The number of hydrogen-bond acceptors (Lipinski definition) is 1. The Kier molecular flexibility index (Phi) is 4.84. The largest absolute Gasteiger partial charge is 0.376 e. The molecular weight excluding hydrogens is 148 g/mol. The molecule has 0 saturated carbocycles. The van der Waals surface area contributed by atoms with E-state index >= 15 is 0 Å². The lowest BCUT2D eigenvalue weighted by Gasteiger charge is -2.26. The van der Waals surface area contributed by atoms with Crippen LogP contribution in [0.5, 0.6) is 0 Å². The van der Waals surface area contributed by atoms with Crippen LogP contribution in [-0.4, -0.2) is 12.2 Å². The van der Waals surface area contributed by atoms with Gasteiger partial charge in [-0.15, -0.1) is 0 Å². The molecule has 0 spiro atoms. The van der Waals surface area contributed by atoms with E-state index in [2.05, 4.69) is 41.5 Å². The summed E-state index contributed by atoms with van der Waals surface area (Å²) in [5, 5.41) is 0. The van der Waals surface area contributed by atoms with Gasteiger partial charge in [-0.2, -0.15) is 0 Å². The maximum absolute atomic E-state index is 5.71. The van der Waals surface area contributed by atoms with Crippen LogP contribution in [0.2, 0.25) is 0 Å². The van der Waals surface area contributed by atoms with Gasteiger partial charge in [0.2, 0.25) is 0 Å². The molecule has 0 aliphatic carbocycles. The molecule has 1 radical (unpaired) electrons. The summed E-state index contributed by atoms with van der Waals surface area (Å²) in [4.78, 5) is 0. The van der Waals surface area contributed by atoms with Crippen molar-refractivity contribution in [1.82, 2.24) is 0 Å². The van der Waals surface area contributed by atoms with Crippen LogP contribution in [0.3, 0.4) is 0 Å².